The van der Waals surface area contributed by atoms with Gasteiger partial charge in [-0.1, -0.05) is 24.3 Å². The first-order valence-electron chi connectivity index (χ1n) is 30.8. The number of carbonyl (C=O) groups is 1. The molecule has 6 aliphatic heterocycles. The van der Waals surface area contributed by atoms with Crippen molar-refractivity contribution in [2.45, 2.75) is 119 Å². The highest BCUT2D eigenvalue weighted by Gasteiger charge is 2.51. The maximum absolute atomic E-state index is 15.0. The van der Waals surface area contributed by atoms with Crippen LogP contribution in [-0.2, 0) is 26.0 Å². The minimum absolute atomic E-state index is 0.0289. The summed E-state index contributed by atoms with van der Waals surface area (Å²) < 4.78 is 61.2. The number of amides is 1. The first-order chi connectivity index (χ1) is 42.1. The Kier molecular flexibility index (Phi) is 15.2. The van der Waals surface area contributed by atoms with Gasteiger partial charge >= 0.3 is 5.69 Å². The summed E-state index contributed by atoms with van der Waals surface area (Å²) in [6, 6.07) is 21.3. The lowest BCUT2D eigenvalue weighted by atomic mass is 9.59. The molecule has 2 aromatic carbocycles. The molecule has 23 nitrogen and oxygen atoms in total. The van der Waals surface area contributed by atoms with Crippen LogP contribution in [0.15, 0.2) is 84.1 Å². The van der Waals surface area contributed by atoms with E-state index in [0.29, 0.717) is 80.9 Å². The summed E-state index contributed by atoms with van der Waals surface area (Å²) in [5.41, 5.74) is 5.28. The van der Waals surface area contributed by atoms with Gasteiger partial charge in [-0.15, -0.1) is 0 Å². The molecular formula is C63H76N12O11S. The van der Waals surface area contributed by atoms with E-state index >= 15 is 0 Å². The zero-order valence-corrected chi connectivity index (χ0v) is 50.3. The molecule has 4 N–H and O–H groups in total. The monoisotopic (exact) mass is 1210 g/mol. The molecule has 2 saturated carbocycles. The zero-order chi connectivity index (χ0) is 59.8. The number of piperazine rings is 1. The number of aromatic amines is 1. The van der Waals surface area contributed by atoms with Gasteiger partial charge in [0, 0.05) is 94.5 Å². The summed E-state index contributed by atoms with van der Waals surface area (Å²) in [6.07, 6.45) is 10.6. The lowest BCUT2D eigenvalue weighted by Crippen LogP contribution is -2.59. The van der Waals surface area contributed by atoms with Gasteiger partial charge in [-0.3, -0.25) is 24.7 Å². The Morgan fingerprint density at radius 2 is 1.70 bits per heavy atom. The summed E-state index contributed by atoms with van der Waals surface area (Å²) in [5, 5.41) is 26.5. The molecule has 6 aromatic rings. The second-order valence-corrected chi connectivity index (χ2v) is 27.1. The Morgan fingerprint density at radius 1 is 0.897 bits per heavy atom. The Morgan fingerprint density at radius 3 is 2.48 bits per heavy atom. The molecule has 87 heavy (non-hydrogen) atoms. The molecule has 24 heteroatoms. The number of hydrogen-bond acceptors (Lipinski definition) is 20. The SMILES string of the molecule is COc1cc(CN2CCN(C3CC4(CCN(c5ccc(C(=O)NS(=O)(=O)c6cc([N+](=O)[O-])c7c(n6)OC[C@H](C6CCC(C)(O)CC6)N7)c(N6c7cc8cc[nH]c8nc7O[C@H]7COCC[C@@H]76)c5)CC4)C3)[C@H](c3ccccc3C)C2)cnc1N1CCOCC1. The van der Waals surface area contributed by atoms with E-state index in [1.807, 2.05) is 30.5 Å². The number of pyridine rings is 3. The minimum atomic E-state index is -4.85. The van der Waals surface area contributed by atoms with Crippen molar-refractivity contribution in [2.24, 2.45) is 11.3 Å². The van der Waals surface area contributed by atoms with Crippen LogP contribution in [0.5, 0.6) is 17.5 Å². The molecule has 4 aromatic heterocycles. The maximum atomic E-state index is 15.0. The quantitative estimate of drug-likeness (QED) is 0.0640. The molecule has 2 aliphatic carbocycles. The van der Waals surface area contributed by atoms with Crippen LogP contribution in [0, 0.1) is 28.4 Å². The Labute approximate surface area is 505 Å². The number of anilines is 5. The van der Waals surface area contributed by atoms with Crippen molar-refractivity contribution in [2.75, 3.05) is 106 Å². The van der Waals surface area contributed by atoms with Crippen molar-refractivity contribution >= 4 is 61.2 Å². The van der Waals surface area contributed by atoms with Gasteiger partial charge in [-0.05, 0) is 136 Å². The van der Waals surface area contributed by atoms with Gasteiger partial charge in [0.2, 0.25) is 11.8 Å². The highest BCUT2D eigenvalue weighted by Crippen LogP contribution is 2.54. The molecule has 0 bridgehead atoms. The van der Waals surface area contributed by atoms with Crippen molar-refractivity contribution in [3.05, 3.63) is 111 Å². The van der Waals surface area contributed by atoms with E-state index < -0.39 is 43.3 Å². The van der Waals surface area contributed by atoms with Gasteiger partial charge in [-0.2, -0.15) is 18.4 Å². The number of aryl methyl sites for hydroxylation is 1. The normalized spacial score (nSPS) is 25.9. The molecule has 4 saturated heterocycles. The molecule has 10 heterocycles. The number of rotatable bonds is 13. The van der Waals surface area contributed by atoms with Crippen LogP contribution in [0.1, 0.15) is 97.8 Å². The first-order valence-corrected chi connectivity index (χ1v) is 32.2. The number of nitrogens with zero attached hydrogens (tertiary/aromatic N) is 9. The average molecular weight is 1210 g/mol. The van der Waals surface area contributed by atoms with Gasteiger partial charge < -0.3 is 53.8 Å². The molecule has 14 rings (SSSR count). The van der Waals surface area contributed by atoms with E-state index in [2.05, 4.69) is 81.8 Å². The van der Waals surface area contributed by atoms with Gasteiger partial charge in [0.15, 0.2) is 22.3 Å². The number of benzene rings is 2. The number of morpholine rings is 1. The van der Waals surface area contributed by atoms with Crippen molar-refractivity contribution in [1.29, 1.82) is 0 Å². The number of H-pyrrole nitrogens is 1. The Balaban J connectivity index is 0.711. The van der Waals surface area contributed by atoms with E-state index in [9.17, 15) is 28.4 Å². The third kappa shape index (κ3) is 11.1. The molecular weight excluding hydrogens is 1130 g/mol. The van der Waals surface area contributed by atoms with Gasteiger partial charge in [0.05, 0.1) is 66.9 Å². The second-order valence-electron chi connectivity index (χ2n) is 25.5. The van der Waals surface area contributed by atoms with E-state index in [1.54, 1.807) is 26.3 Å². The summed E-state index contributed by atoms with van der Waals surface area (Å²) in [5.74, 6) is 0.875. The number of carbonyl (C=O) groups excluding carboxylic acids is 1. The number of methoxy groups -OCH3 is 1. The maximum Gasteiger partial charge on any atom is 0.300 e. The number of sulfonamides is 1. The van der Waals surface area contributed by atoms with E-state index in [-0.39, 0.29) is 59.8 Å². The van der Waals surface area contributed by atoms with Crippen molar-refractivity contribution in [3.63, 3.8) is 0 Å². The van der Waals surface area contributed by atoms with Crippen LogP contribution < -0.4 is 38.9 Å². The van der Waals surface area contributed by atoms with E-state index in [4.69, 9.17) is 33.7 Å². The van der Waals surface area contributed by atoms with Gasteiger partial charge in [0.25, 0.3) is 15.9 Å². The average Bonchev–Trinajstić information content (AvgIpc) is 1.48. The van der Waals surface area contributed by atoms with Crippen LogP contribution >= 0.6 is 0 Å². The lowest BCUT2D eigenvalue weighted by molar-refractivity contribution is -0.384. The predicted molar refractivity (Wildman–Crippen MR) is 326 cm³/mol. The molecule has 4 atom stereocenters. The second kappa shape index (κ2) is 23.0. The molecule has 460 valence electrons. The van der Waals surface area contributed by atoms with Crippen LogP contribution in [-0.4, -0.2) is 170 Å². The molecule has 8 aliphatic rings. The highest BCUT2D eigenvalue weighted by atomic mass is 32.2. The van der Waals surface area contributed by atoms with Gasteiger partial charge in [-0.25, -0.2) is 9.71 Å². The first kappa shape index (κ1) is 57.4. The largest absolute Gasteiger partial charge is 0.493 e. The summed E-state index contributed by atoms with van der Waals surface area (Å²) >= 11 is 0. The molecule has 1 amide bonds. The zero-order valence-electron chi connectivity index (χ0n) is 49.5. The molecule has 0 radical (unpaired) electrons. The predicted octanol–water partition coefficient (Wildman–Crippen LogP) is 7.64. The number of nitro groups is 1. The van der Waals surface area contributed by atoms with Crippen molar-refractivity contribution < 1.29 is 46.9 Å². The topological polar surface area (TPSA) is 255 Å². The lowest BCUT2D eigenvalue weighted by Gasteiger charge is -2.58. The number of fused-ring (bicyclic) bond motifs is 4. The smallest absolute Gasteiger partial charge is 0.300 e. The molecule has 0 unspecified atom stereocenters. The standard InChI is InChI=1S/C63H76N12O11S/c1-39-6-4-5-7-45(39)52-36-70(35-40-28-53(82-3)58(65-34-40)72-23-26-83-27-24-72)21-22-73(52)44-32-63(33-44)16-19-71(20-17-63)43-8-9-46(49(30-43)74-48-13-25-84-38-54(48)86-60-51(74)29-42-12-18-64-57(42)68-60)59(76)69-87(80,81)55-31-50(75(78)79)56-61(67-55)85-37-47(66-56)41-10-14-62(2,77)15-11-41/h4-9,12,18,28-31,34,41,44,47-48,52,54,66,77H,10-11,13-17,19-27,32-33,35-38H2,1-3H3,(H,64,68)(H,69,76)/t41?,47-,48+,52+,54+,62?/m1/s1. The van der Waals surface area contributed by atoms with Crippen LogP contribution in [0.2, 0.25) is 0 Å². The fraction of sp³-hybridized carbons (Fsp3) is 0.524. The third-order valence-corrected chi connectivity index (χ3v) is 21.2. The van der Waals surface area contributed by atoms with Crippen molar-refractivity contribution in [1.82, 2.24) is 34.5 Å². The molecule has 1 spiro atoms. The third-order valence-electron chi connectivity index (χ3n) is 20.0. The summed E-state index contributed by atoms with van der Waals surface area (Å²) in [6.45, 7) is 12.9. The van der Waals surface area contributed by atoms with Gasteiger partial charge in [0.1, 0.15) is 24.0 Å². The summed E-state index contributed by atoms with van der Waals surface area (Å²) in [4.78, 5) is 56.2. The Bertz CT molecular complexity index is 3700. The minimum Gasteiger partial charge on any atom is -0.493 e. The molecule has 6 fully saturated rings. The fourth-order valence-corrected chi connectivity index (χ4v) is 16.0. The number of ether oxygens (including phenoxy) is 5. The van der Waals surface area contributed by atoms with Crippen LogP contribution in [0.25, 0.3) is 11.0 Å². The number of hydrogen-bond donors (Lipinski definition) is 4. The van der Waals surface area contributed by atoms with E-state index in [1.165, 1.54) is 11.1 Å². The number of nitrogens with one attached hydrogen (secondary N) is 3. The number of aliphatic hydroxyl groups is 1. The Hall–Kier alpha value is -7.35. The summed E-state index contributed by atoms with van der Waals surface area (Å²) in [7, 11) is -3.13. The van der Waals surface area contributed by atoms with Crippen LogP contribution in [0.3, 0.4) is 0 Å². The number of aromatic nitrogens is 4. The van der Waals surface area contributed by atoms with Crippen molar-refractivity contribution in [3.8, 4) is 17.5 Å². The number of piperidine rings is 1. The fourth-order valence-electron chi connectivity index (χ4n) is 15.1. The highest BCUT2D eigenvalue weighted by molar-refractivity contribution is 7.90. The van der Waals surface area contributed by atoms with Crippen LogP contribution in [0.4, 0.5) is 34.3 Å². The van der Waals surface area contributed by atoms with E-state index in [0.717, 1.165) is 112 Å².